The van der Waals surface area contributed by atoms with Gasteiger partial charge in [-0.15, -0.1) is 0 Å². The second-order valence-electron chi connectivity index (χ2n) is 4.06. The van der Waals surface area contributed by atoms with Gasteiger partial charge in [0.1, 0.15) is 12.7 Å². The number of aliphatic hydroxyl groups excluding tert-OH is 2. The Morgan fingerprint density at radius 1 is 1.00 bits per heavy atom. The van der Waals surface area contributed by atoms with Crippen molar-refractivity contribution in [1.29, 1.82) is 0 Å². The molecule has 14 heteroatoms. The lowest BCUT2D eigenvalue weighted by Crippen LogP contribution is -2.19. The van der Waals surface area contributed by atoms with Gasteiger partial charge in [-0.3, -0.25) is 9.11 Å². The first-order valence-electron chi connectivity index (χ1n) is 6.03. The molecular formula is C10H18N2O10S2. The minimum absolute atomic E-state index is 0.0202. The van der Waals surface area contributed by atoms with E-state index < -0.39 is 33.5 Å². The molecule has 0 saturated carbocycles. The molecule has 0 amide bonds. The summed E-state index contributed by atoms with van der Waals surface area (Å²) in [6.45, 7) is -1.19. The summed E-state index contributed by atoms with van der Waals surface area (Å²) < 4.78 is 67.8. The van der Waals surface area contributed by atoms with E-state index in [9.17, 15) is 16.8 Å². The zero-order chi connectivity index (χ0) is 19.0. The van der Waals surface area contributed by atoms with E-state index in [1.54, 1.807) is 0 Å². The summed E-state index contributed by atoms with van der Waals surface area (Å²) >= 11 is 0. The van der Waals surface area contributed by atoms with Gasteiger partial charge >= 0.3 is 20.8 Å². The van der Waals surface area contributed by atoms with Gasteiger partial charge in [-0.05, 0) is 18.2 Å². The van der Waals surface area contributed by atoms with Crippen LogP contribution in [0.25, 0.3) is 0 Å². The van der Waals surface area contributed by atoms with Gasteiger partial charge in [0.25, 0.3) is 0 Å². The fourth-order valence-corrected chi connectivity index (χ4v) is 2.08. The zero-order valence-electron chi connectivity index (χ0n) is 12.1. The summed E-state index contributed by atoms with van der Waals surface area (Å²) in [6.07, 6.45) is -1.62. The van der Waals surface area contributed by atoms with Crippen LogP contribution in [0.3, 0.4) is 0 Å². The third-order valence-corrected chi connectivity index (χ3v) is 3.07. The molecule has 1 aromatic rings. The van der Waals surface area contributed by atoms with E-state index in [4.69, 9.17) is 30.8 Å². The smallest absolute Gasteiger partial charge is 0.398 e. The predicted octanol–water partition coefficient (Wildman–Crippen LogP) is -1.50. The number of anilines is 2. The number of nitrogens with two attached hydrogens (primary N) is 2. The van der Waals surface area contributed by atoms with Crippen LogP contribution >= 0.6 is 0 Å². The Balaban J connectivity index is 0.00000118. The molecule has 0 radical (unpaired) electrons. The SMILES string of the molecule is Nc1ccc(N)c(C(COS(=O)(=O)O)OS(=O)(=O)O)c1.OCCO. The molecule has 24 heavy (non-hydrogen) atoms. The lowest BCUT2D eigenvalue weighted by atomic mass is 10.1. The van der Waals surface area contributed by atoms with Gasteiger partial charge in [0.2, 0.25) is 0 Å². The van der Waals surface area contributed by atoms with Crippen molar-refractivity contribution in [2.24, 2.45) is 0 Å². The fraction of sp³-hybridized carbons (Fsp3) is 0.400. The van der Waals surface area contributed by atoms with E-state index in [2.05, 4.69) is 8.37 Å². The van der Waals surface area contributed by atoms with Crippen LogP contribution in [0.15, 0.2) is 18.2 Å². The van der Waals surface area contributed by atoms with E-state index >= 15 is 0 Å². The maximum atomic E-state index is 10.7. The van der Waals surface area contributed by atoms with Gasteiger partial charge in [0, 0.05) is 16.9 Å². The molecule has 0 fully saturated rings. The van der Waals surface area contributed by atoms with E-state index in [1.807, 2.05) is 0 Å². The Bertz CT molecular complexity index is 717. The lowest BCUT2D eigenvalue weighted by Gasteiger charge is -2.17. The van der Waals surface area contributed by atoms with Crippen molar-refractivity contribution in [3.63, 3.8) is 0 Å². The van der Waals surface area contributed by atoms with Crippen LogP contribution in [0, 0.1) is 0 Å². The number of aliphatic hydroxyl groups is 2. The monoisotopic (exact) mass is 390 g/mol. The van der Waals surface area contributed by atoms with Crippen molar-refractivity contribution in [2.45, 2.75) is 6.10 Å². The normalized spacial score (nSPS) is 13.0. The lowest BCUT2D eigenvalue weighted by molar-refractivity contribution is 0.116. The van der Waals surface area contributed by atoms with Crippen molar-refractivity contribution in [1.82, 2.24) is 0 Å². The molecule has 0 saturated heterocycles. The van der Waals surface area contributed by atoms with Crippen LogP contribution in [0.5, 0.6) is 0 Å². The predicted molar refractivity (Wildman–Crippen MR) is 82.3 cm³/mol. The molecule has 1 unspecified atom stereocenters. The first kappa shape index (κ1) is 22.5. The Hall–Kier alpha value is -1.52. The van der Waals surface area contributed by atoms with Crippen LogP contribution in [0.1, 0.15) is 11.7 Å². The summed E-state index contributed by atoms with van der Waals surface area (Å²) in [5.41, 5.74) is 11.2. The van der Waals surface area contributed by atoms with Crippen molar-refractivity contribution < 1.29 is 44.5 Å². The summed E-state index contributed by atoms with van der Waals surface area (Å²) in [5.74, 6) is 0. The highest BCUT2D eigenvalue weighted by molar-refractivity contribution is 7.81. The third kappa shape index (κ3) is 10.3. The van der Waals surface area contributed by atoms with Crippen molar-refractivity contribution in [2.75, 3.05) is 31.3 Å². The first-order chi connectivity index (χ1) is 10.9. The number of benzene rings is 1. The summed E-state index contributed by atoms with van der Waals surface area (Å²) in [6, 6.07) is 3.93. The largest absolute Gasteiger partial charge is 0.399 e. The quantitative estimate of drug-likeness (QED) is 0.231. The summed E-state index contributed by atoms with van der Waals surface area (Å²) in [4.78, 5) is 0. The molecule has 0 heterocycles. The highest BCUT2D eigenvalue weighted by atomic mass is 32.3. The maximum absolute atomic E-state index is 10.7. The Labute approximate surface area is 138 Å². The Morgan fingerprint density at radius 3 is 1.96 bits per heavy atom. The van der Waals surface area contributed by atoms with Gasteiger partial charge in [-0.25, -0.2) is 8.37 Å². The molecule has 1 aromatic carbocycles. The number of hydrogen-bond acceptors (Lipinski definition) is 10. The highest BCUT2D eigenvalue weighted by Crippen LogP contribution is 2.27. The molecule has 0 bridgehead atoms. The van der Waals surface area contributed by atoms with Gasteiger partial charge in [0.05, 0.1) is 13.2 Å². The molecule has 0 aliphatic carbocycles. The van der Waals surface area contributed by atoms with E-state index in [1.165, 1.54) is 18.2 Å². The molecule has 0 spiro atoms. The standard InChI is InChI=1S/C8H12N2O8S2.C2H6O2/c9-5-1-2-7(10)6(3-5)8(18-20(14,15)16)4-17-19(11,12)13;3-1-2-4/h1-3,8H,4,9-10H2,(H,11,12,13)(H,14,15,16);3-4H,1-2H2. The van der Waals surface area contributed by atoms with Gasteiger partial charge in [-0.2, -0.15) is 16.8 Å². The molecule has 8 N–H and O–H groups in total. The van der Waals surface area contributed by atoms with Crippen molar-refractivity contribution in [3.05, 3.63) is 23.8 Å². The highest BCUT2D eigenvalue weighted by Gasteiger charge is 2.24. The van der Waals surface area contributed by atoms with Gasteiger partial charge in [-0.1, -0.05) is 0 Å². The molecule has 12 nitrogen and oxygen atoms in total. The Morgan fingerprint density at radius 2 is 1.54 bits per heavy atom. The Kier molecular flexibility index (Phi) is 9.08. The number of hydrogen-bond donors (Lipinski definition) is 6. The fourth-order valence-electron chi connectivity index (χ4n) is 1.34. The number of nitrogen functional groups attached to an aromatic ring is 2. The molecular weight excluding hydrogens is 372 g/mol. The second-order valence-corrected chi connectivity index (χ2v) is 6.20. The summed E-state index contributed by atoms with van der Waals surface area (Å²) in [7, 11) is -9.76. The topological polar surface area (TPSA) is 220 Å². The number of rotatable bonds is 7. The van der Waals surface area contributed by atoms with Gasteiger partial charge in [0.15, 0.2) is 0 Å². The van der Waals surface area contributed by atoms with Crippen LogP contribution < -0.4 is 11.5 Å². The molecule has 0 aliphatic heterocycles. The van der Waals surface area contributed by atoms with Gasteiger partial charge < -0.3 is 21.7 Å². The van der Waals surface area contributed by atoms with E-state index in [-0.39, 0.29) is 30.2 Å². The van der Waals surface area contributed by atoms with Crippen LogP contribution in [0.4, 0.5) is 11.4 Å². The van der Waals surface area contributed by atoms with Crippen molar-refractivity contribution in [3.8, 4) is 0 Å². The average Bonchev–Trinajstić information content (AvgIpc) is 2.44. The van der Waals surface area contributed by atoms with Crippen molar-refractivity contribution >= 4 is 32.2 Å². The molecule has 1 rings (SSSR count). The minimum Gasteiger partial charge on any atom is -0.399 e. The molecule has 1 atom stereocenters. The average molecular weight is 390 g/mol. The zero-order valence-corrected chi connectivity index (χ0v) is 13.8. The molecule has 0 aromatic heterocycles. The first-order valence-corrected chi connectivity index (χ1v) is 8.76. The van der Waals surface area contributed by atoms with Crippen LogP contribution in [-0.2, 0) is 29.2 Å². The van der Waals surface area contributed by atoms with E-state index in [0.29, 0.717) is 0 Å². The van der Waals surface area contributed by atoms with Crippen LogP contribution in [0.2, 0.25) is 0 Å². The van der Waals surface area contributed by atoms with Crippen LogP contribution in [-0.4, -0.2) is 56.0 Å². The minimum atomic E-state index is -4.92. The second kappa shape index (κ2) is 9.70. The summed E-state index contributed by atoms with van der Waals surface area (Å²) in [5, 5.41) is 15.2. The maximum Gasteiger partial charge on any atom is 0.398 e. The molecule has 140 valence electrons. The molecule has 0 aliphatic rings. The van der Waals surface area contributed by atoms with E-state index in [0.717, 1.165) is 0 Å². The third-order valence-electron chi connectivity index (χ3n) is 2.16.